The molecule has 0 unspecified atom stereocenters. The minimum absolute atomic E-state index is 0.317. The number of carbonyl (C=O) groups excluding carboxylic acids is 1. The lowest BCUT2D eigenvalue weighted by Gasteiger charge is -2.03. The van der Waals surface area contributed by atoms with Crippen molar-refractivity contribution < 1.29 is 4.79 Å². The summed E-state index contributed by atoms with van der Waals surface area (Å²) in [6, 6.07) is 8.89. The summed E-state index contributed by atoms with van der Waals surface area (Å²) in [4.78, 5) is 11.5. The van der Waals surface area contributed by atoms with Crippen LogP contribution in [0.4, 0.5) is 15.6 Å². The van der Waals surface area contributed by atoms with E-state index < -0.39 is 0 Å². The Morgan fingerprint density at radius 1 is 1.19 bits per heavy atom. The predicted octanol–water partition coefficient (Wildman–Crippen LogP) is 2.49. The van der Waals surface area contributed by atoms with Gasteiger partial charge in [-0.3, -0.25) is 5.32 Å². The molecule has 0 aliphatic rings. The second kappa shape index (κ2) is 4.71. The number of aryl methyl sites for hydroxylation is 1. The molecule has 1 aromatic carbocycles. The van der Waals surface area contributed by atoms with Crippen molar-refractivity contribution in [1.29, 1.82) is 0 Å². The van der Waals surface area contributed by atoms with Gasteiger partial charge in [0.1, 0.15) is 5.01 Å². The van der Waals surface area contributed by atoms with Gasteiger partial charge < -0.3 is 5.32 Å². The van der Waals surface area contributed by atoms with Gasteiger partial charge in [-0.05, 0) is 19.1 Å². The van der Waals surface area contributed by atoms with E-state index in [1.165, 1.54) is 11.3 Å². The number of urea groups is 1. The average Bonchev–Trinajstić information content (AvgIpc) is 2.65. The second-order valence-electron chi connectivity index (χ2n) is 3.07. The Kier molecular flexibility index (Phi) is 3.11. The van der Waals surface area contributed by atoms with Gasteiger partial charge in [-0.2, -0.15) is 0 Å². The zero-order valence-corrected chi connectivity index (χ0v) is 9.41. The molecule has 0 spiro atoms. The molecule has 0 aliphatic carbocycles. The molecular formula is C10H10N4OS. The number of amides is 2. The van der Waals surface area contributed by atoms with E-state index in [1.54, 1.807) is 0 Å². The van der Waals surface area contributed by atoms with Crippen molar-refractivity contribution in [3.63, 3.8) is 0 Å². The van der Waals surface area contributed by atoms with Gasteiger partial charge in [0.2, 0.25) is 5.13 Å². The van der Waals surface area contributed by atoms with E-state index in [0.717, 1.165) is 10.7 Å². The van der Waals surface area contributed by atoms with Crippen LogP contribution < -0.4 is 10.6 Å². The summed E-state index contributed by atoms with van der Waals surface area (Å²) >= 11 is 1.33. The highest BCUT2D eigenvalue weighted by atomic mass is 32.1. The number of para-hydroxylation sites is 1. The van der Waals surface area contributed by atoms with Crippen LogP contribution in [0.5, 0.6) is 0 Å². The van der Waals surface area contributed by atoms with Crippen LogP contribution in [-0.2, 0) is 0 Å². The fraction of sp³-hybridized carbons (Fsp3) is 0.100. The number of rotatable bonds is 2. The van der Waals surface area contributed by atoms with Gasteiger partial charge in [0.05, 0.1) is 0 Å². The molecule has 0 atom stereocenters. The molecule has 6 heteroatoms. The molecule has 0 saturated heterocycles. The van der Waals surface area contributed by atoms with Crippen LogP contribution >= 0.6 is 11.3 Å². The van der Waals surface area contributed by atoms with E-state index >= 15 is 0 Å². The third kappa shape index (κ3) is 2.77. The lowest BCUT2D eigenvalue weighted by Crippen LogP contribution is -2.19. The molecule has 16 heavy (non-hydrogen) atoms. The molecule has 5 nitrogen and oxygen atoms in total. The van der Waals surface area contributed by atoms with Crippen molar-refractivity contribution in [2.75, 3.05) is 10.6 Å². The maximum Gasteiger partial charge on any atom is 0.325 e. The van der Waals surface area contributed by atoms with E-state index in [4.69, 9.17) is 0 Å². The maximum atomic E-state index is 11.5. The highest BCUT2D eigenvalue weighted by Crippen LogP contribution is 2.14. The SMILES string of the molecule is Cc1nnc(NC(=O)Nc2ccccc2)s1. The first-order valence-electron chi connectivity index (χ1n) is 4.67. The maximum absolute atomic E-state index is 11.5. The lowest BCUT2D eigenvalue weighted by atomic mass is 10.3. The Morgan fingerprint density at radius 2 is 1.94 bits per heavy atom. The van der Waals surface area contributed by atoms with Gasteiger partial charge in [0, 0.05) is 5.69 Å². The smallest absolute Gasteiger partial charge is 0.308 e. The fourth-order valence-corrected chi connectivity index (χ4v) is 1.71. The molecule has 82 valence electrons. The van der Waals surface area contributed by atoms with Gasteiger partial charge >= 0.3 is 6.03 Å². The van der Waals surface area contributed by atoms with Crippen molar-refractivity contribution in [3.8, 4) is 0 Å². The summed E-state index contributed by atoms with van der Waals surface area (Å²) in [6.07, 6.45) is 0. The Hall–Kier alpha value is -1.95. The van der Waals surface area contributed by atoms with Crippen LogP contribution in [0.3, 0.4) is 0 Å². The summed E-state index contributed by atoms with van der Waals surface area (Å²) in [6.45, 7) is 1.83. The Bertz CT molecular complexity index is 483. The molecule has 0 saturated carbocycles. The molecule has 1 aromatic heterocycles. The number of hydrogen-bond donors (Lipinski definition) is 2. The van der Waals surface area contributed by atoms with Crippen LogP contribution in [0.1, 0.15) is 5.01 Å². The Labute approximate surface area is 96.5 Å². The monoisotopic (exact) mass is 234 g/mol. The molecule has 0 fully saturated rings. The van der Waals surface area contributed by atoms with Crippen LogP contribution in [0.2, 0.25) is 0 Å². The zero-order chi connectivity index (χ0) is 11.4. The van der Waals surface area contributed by atoms with E-state index in [-0.39, 0.29) is 6.03 Å². The Balaban J connectivity index is 1.95. The van der Waals surface area contributed by atoms with Gasteiger partial charge in [0.25, 0.3) is 0 Å². The predicted molar refractivity (Wildman–Crippen MR) is 63.7 cm³/mol. The second-order valence-corrected chi connectivity index (χ2v) is 4.25. The van der Waals surface area contributed by atoms with Gasteiger partial charge in [-0.25, -0.2) is 4.79 Å². The first-order chi connectivity index (χ1) is 7.74. The lowest BCUT2D eigenvalue weighted by molar-refractivity contribution is 0.262. The van der Waals surface area contributed by atoms with Crippen molar-refractivity contribution >= 4 is 28.2 Å². The third-order valence-electron chi connectivity index (χ3n) is 1.78. The summed E-state index contributed by atoms with van der Waals surface area (Å²) in [5.74, 6) is 0. The largest absolute Gasteiger partial charge is 0.325 e. The fourth-order valence-electron chi connectivity index (χ4n) is 1.13. The molecule has 0 bridgehead atoms. The first kappa shape index (κ1) is 10.6. The molecule has 0 radical (unpaired) electrons. The van der Waals surface area contributed by atoms with E-state index in [0.29, 0.717) is 5.13 Å². The zero-order valence-electron chi connectivity index (χ0n) is 8.60. The average molecular weight is 234 g/mol. The Morgan fingerprint density at radius 3 is 2.56 bits per heavy atom. The van der Waals surface area contributed by atoms with Crippen LogP contribution in [0, 0.1) is 6.92 Å². The van der Waals surface area contributed by atoms with Crippen molar-refractivity contribution in [3.05, 3.63) is 35.3 Å². The van der Waals surface area contributed by atoms with Crippen LogP contribution in [0.25, 0.3) is 0 Å². The minimum Gasteiger partial charge on any atom is -0.308 e. The standard InChI is InChI=1S/C10H10N4OS/c1-7-13-14-10(16-7)12-9(15)11-8-5-3-2-4-6-8/h2-6H,1H3,(H2,11,12,14,15). The molecule has 2 rings (SSSR count). The normalized spacial score (nSPS) is 9.81. The number of hydrogen-bond acceptors (Lipinski definition) is 4. The molecule has 2 amide bonds. The van der Waals surface area contributed by atoms with Crippen LogP contribution in [-0.4, -0.2) is 16.2 Å². The molecule has 2 aromatic rings. The minimum atomic E-state index is -0.317. The quantitative estimate of drug-likeness (QED) is 0.838. The van der Waals surface area contributed by atoms with E-state index in [2.05, 4.69) is 20.8 Å². The molecule has 2 N–H and O–H groups in total. The number of anilines is 2. The number of aromatic nitrogens is 2. The summed E-state index contributed by atoms with van der Waals surface area (Å²) in [5.41, 5.74) is 0.737. The van der Waals surface area contributed by atoms with Crippen molar-refractivity contribution in [2.45, 2.75) is 6.92 Å². The number of nitrogens with one attached hydrogen (secondary N) is 2. The molecule has 0 aliphatic heterocycles. The number of carbonyl (C=O) groups is 1. The van der Waals surface area contributed by atoms with Crippen molar-refractivity contribution in [1.82, 2.24) is 10.2 Å². The summed E-state index contributed by atoms with van der Waals surface area (Å²) in [7, 11) is 0. The van der Waals surface area contributed by atoms with Gasteiger partial charge in [-0.15, -0.1) is 10.2 Å². The van der Waals surface area contributed by atoms with E-state index in [9.17, 15) is 4.79 Å². The summed E-state index contributed by atoms with van der Waals surface area (Å²) in [5, 5.41) is 14.2. The third-order valence-corrected chi connectivity index (χ3v) is 2.53. The summed E-state index contributed by atoms with van der Waals surface area (Å²) < 4.78 is 0. The van der Waals surface area contributed by atoms with Gasteiger partial charge in [-0.1, -0.05) is 29.5 Å². The van der Waals surface area contributed by atoms with Gasteiger partial charge in [0.15, 0.2) is 0 Å². The number of nitrogens with zero attached hydrogens (tertiary/aromatic N) is 2. The topological polar surface area (TPSA) is 66.9 Å². The highest BCUT2D eigenvalue weighted by molar-refractivity contribution is 7.15. The molecule has 1 heterocycles. The number of benzene rings is 1. The molecular weight excluding hydrogens is 224 g/mol. The first-order valence-corrected chi connectivity index (χ1v) is 5.49. The van der Waals surface area contributed by atoms with Crippen molar-refractivity contribution in [2.24, 2.45) is 0 Å². The van der Waals surface area contributed by atoms with Crippen LogP contribution in [0.15, 0.2) is 30.3 Å². The van der Waals surface area contributed by atoms with E-state index in [1.807, 2.05) is 37.3 Å². The highest BCUT2D eigenvalue weighted by Gasteiger charge is 2.05.